The summed E-state index contributed by atoms with van der Waals surface area (Å²) in [4.78, 5) is 8.16. The highest BCUT2D eigenvalue weighted by atomic mass is 16.5. The van der Waals surface area contributed by atoms with E-state index in [1.54, 1.807) is 7.11 Å². The minimum absolute atomic E-state index is 0.750. The fourth-order valence-electron chi connectivity index (χ4n) is 2.64. The molecule has 0 saturated carbocycles. The van der Waals surface area contributed by atoms with Crippen molar-refractivity contribution in [3.63, 3.8) is 0 Å². The average molecular weight is 292 g/mol. The number of aromatic nitrogens is 2. The number of methoxy groups -OCH3 is 1. The maximum atomic E-state index is 5.41. The monoisotopic (exact) mass is 292 g/mol. The van der Waals surface area contributed by atoms with Gasteiger partial charge in [-0.25, -0.2) is 4.98 Å². The second-order valence-corrected chi connectivity index (χ2v) is 5.41. The van der Waals surface area contributed by atoms with E-state index in [0.29, 0.717) is 0 Å². The number of ether oxygens (including phenoxy) is 1. The van der Waals surface area contributed by atoms with E-state index in [1.807, 2.05) is 24.3 Å². The summed E-state index contributed by atoms with van der Waals surface area (Å²) in [5.74, 6) is 1.88. The molecule has 0 aliphatic carbocycles. The van der Waals surface area contributed by atoms with Crippen LogP contribution >= 0.6 is 0 Å². The van der Waals surface area contributed by atoms with Crippen molar-refractivity contribution in [1.82, 2.24) is 9.97 Å². The molecule has 22 heavy (non-hydrogen) atoms. The van der Waals surface area contributed by atoms with E-state index in [9.17, 15) is 0 Å². The largest absolute Gasteiger partial charge is 0.496 e. The van der Waals surface area contributed by atoms with E-state index in [2.05, 4.69) is 42.2 Å². The lowest BCUT2D eigenvalue weighted by Crippen LogP contribution is -1.95. The Balaban J connectivity index is 1.80. The van der Waals surface area contributed by atoms with Crippen molar-refractivity contribution in [3.05, 3.63) is 82.9 Å². The van der Waals surface area contributed by atoms with Crippen LogP contribution in [0.4, 0.5) is 0 Å². The van der Waals surface area contributed by atoms with Crippen LogP contribution in [0.1, 0.15) is 28.3 Å². The fourth-order valence-corrected chi connectivity index (χ4v) is 2.64. The molecule has 1 heterocycles. The number of benzene rings is 2. The van der Waals surface area contributed by atoms with Crippen molar-refractivity contribution in [2.24, 2.45) is 0 Å². The maximum Gasteiger partial charge on any atom is 0.122 e. The zero-order valence-corrected chi connectivity index (χ0v) is 13.0. The molecule has 3 heteroatoms. The lowest BCUT2D eigenvalue weighted by atomic mass is 10.1. The number of hydrogen-bond donors (Lipinski definition) is 1. The van der Waals surface area contributed by atoms with Gasteiger partial charge in [0, 0.05) is 24.1 Å². The molecule has 3 nitrogen and oxygen atoms in total. The summed E-state index contributed by atoms with van der Waals surface area (Å²) in [5.41, 5.74) is 4.66. The Morgan fingerprint density at radius 1 is 0.955 bits per heavy atom. The van der Waals surface area contributed by atoms with Gasteiger partial charge in [0.25, 0.3) is 0 Å². The molecule has 0 unspecified atom stereocenters. The van der Waals surface area contributed by atoms with Crippen LogP contribution in [0, 0.1) is 6.92 Å². The predicted molar refractivity (Wildman–Crippen MR) is 88.4 cm³/mol. The van der Waals surface area contributed by atoms with Crippen LogP contribution < -0.4 is 4.74 Å². The van der Waals surface area contributed by atoms with Crippen LogP contribution in [0.15, 0.2) is 54.6 Å². The second-order valence-electron chi connectivity index (χ2n) is 5.41. The minimum Gasteiger partial charge on any atom is -0.496 e. The second kappa shape index (κ2) is 6.48. The number of rotatable bonds is 5. The molecule has 1 N–H and O–H groups in total. The lowest BCUT2D eigenvalue weighted by molar-refractivity contribution is 0.410. The molecule has 3 aromatic rings. The summed E-state index contributed by atoms with van der Waals surface area (Å²) >= 11 is 0. The first-order chi connectivity index (χ1) is 10.8. The fraction of sp³-hybridized carbons (Fsp3) is 0.211. The molecule has 0 spiro atoms. The summed E-state index contributed by atoms with van der Waals surface area (Å²) in [7, 11) is 1.70. The molecule has 0 atom stereocenters. The molecule has 0 aliphatic heterocycles. The topological polar surface area (TPSA) is 37.9 Å². The van der Waals surface area contributed by atoms with Gasteiger partial charge in [0.05, 0.1) is 12.8 Å². The smallest absolute Gasteiger partial charge is 0.122 e. The molecule has 3 rings (SSSR count). The molecule has 2 aromatic carbocycles. The van der Waals surface area contributed by atoms with Crippen LogP contribution in [0.3, 0.4) is 0 Å². The third-order valence-corrected chi connectivity index (χ3v) is 3.80. The van der Waals surface area contributed by atoms with E-state index >= 15 is 0 Å². The summed E-state index contributed by atoms with van der Waals surface area (Å²) in [6.45, 7) is 2.08. The van der Waals surface area contributed by atoms with Crippen LogP contribution in [0.25, 0.3) is 0 Å². The van der Waals surface area contributed by atoms with Gasteiger partial charge in [-0.2, -0.15) is 0 Å². The van der Waals surface area contributed by atoms with Gasteiger partial charge in [0.15, 0.2) is 0 Å². The summed E-state index contributed by atoms with van der Waals surface area (Å²) in [6.07, 6.45) is 1.61. The quantitative estimate of drug-likeness (QED) is 0.774. The van der Waals surface area contributed by atoms with Crippen LogP contribution in [0.2, 0.25) is 0 Å². The zero-order valence-electron chi connectivity index (χ0n) is 13.0. The van der Waals surface area contributed by atoms with E-state index in [-0.39, 0.29) is 0 Å². The van der Waals surface area contributed by atoms with Gasteiger partial charge in [-0.1, -0.05) is 48.5 Å². The lowest BCUT2D eigenvalue weighted by Gasteiger charge is -2.06. The molecule has 0 fully saturated rings. The number of H-pyrrole nitrogens is 1. The van der Waals surface area contributed by atoms with Gasteiger partial charge >= 0.3 is 0 Å². The highest BCUT2D eigenvalue weighted by molar-refractivity contribution is 5.36. The molecule has 1 aromatic heterocycles. The van der Waals surface area contributed by atoms with Crippen molar-refractivity contribution < 1.29 is 4.74 Å². The van der Waals surface area contributed by atoms with Gasteiger partial charge in [-0.05, 0) is 18.6 Å². The Morgan fingerprint density at radius 2 is 1.68 bits per heavy atom. The molecule has 0 radical (unpaired) electrons. The van der Waals surface area contributed by atoms with E-state index in [0.717, 1.165) is 41.4 Å². The van der Waals surface area contributed by atoms with Crippen molar-refractivity contribution in [2.45, 2.75) is 19.8 Å². The van der Waals surface area contributed by atoms with E-state index in [1.165, 1.54) is 5.56 Å². The Hall–Kier alpha value is -2.55. The molecule has 0 saturated heterocycles. The summed E-state index contributed by atoms with van der Waals surface area (Å²) in [6, 6.07) is 18.5. The number of nitrogens with one attached hydrogen (secondary N) is 1. The van der Waals surface area contributed by atoms with Crippen molar-refractivity contribution in [3.8, 4) is 5.75 Å². The predicted octanol–water partition coefficient (Wildman–Crippen LogP) is 3.91. The van der Waals surface area contributed by atoms with Crippen LogP contribution in [0.5, 0.6) is 5.75 Å². The van der Waals surface area contributed by atoms with Gasteiger partial charge in [0.2, 0.25) is 0 Å². The van der Waals surface area contributed by atoms with Gasteiger partial charge in [-0.3, -0.25) is 0 Å². The van der Waals surface area contributed by atoms with E-state index in [4.69, 9.17) is 9.72 Å². The molecule has 0 bridgehead atoms. The number of aryl methyl sites for hydroxylation is 1. The molecule has 0 amide bonds. The van der Waals surface area contributed by atoms with Crippen LogP contribution in [-0.2, 0) is 12.8 Å². The van der Waals surface area contributed by atoms with Gasteiger partial charge in [0.1, 0.15) is 11.6 Å². The summed E-state index contributed by atoms with van der Waals surface area (Å²) < 4.78 is 5.41. The van der Waals surface area contributed by atoms with Crippen molar-refractivity contribution >= 4 is 0 Å². The summed E-state index contributed by atoms with van der Waals surface area (Å²) in [5, 5.41) is 0. The maximum absolute atomic E-state index is 5.41. The standard InChI is InChI=1S/C19H20N2O/c1-14-17(12-15-8-4-3-5-9-15)21-19(20-14)13-16-10-6-7-11-18(16)22-2/h3-11H,12-13H2,1-2H3,(H,20,21). The number of nitrogens with zero attached hydrogens (tertiary/aromatic N) is 1. The molecule has 0 aliphatic rings. The third kappa shape index (κ3) is 3.19. The molecular weight excluding hydrogens is 272 g/mol. The highest BCUT2D eigenvalue weighted by Crippen LogP contribution is 2.21. The average Bonchev–Trinajstić information content (AvgIpc) is 2.88. The Morgan fingerprint density at radius 3 is 2.45 bits per heavy atom. The minimum atomic E-state index is 0.750. The first kappa shape index (κ1) is 14.4. The SMILES string of the molecule is COc1ccccc1Cc1nc(Cc2ccccc2)c(C)[nH]1. The van der Waals surface area contributed by atoms with Crippen molar-refractivity contribution in [1.29, 1.82) is 0 Å². The highest BCUT2D eigenvalue weighted by Gasteiger charge is 2.10. The number of para-hydroxylation sites is 1. The zero-order chi connectivity index (χ0) is 15.4. The normalized spacial score (nSPS) is 10.6. The Bertz CT molecular complexity index is 747. The third-order valence-electron chi connectivity index (χ3n) is 3.80. The van der Waals surface area contributed by atoms with E-state index < -0.39 is 0 Å². The first-order valence-corrected chi connectivity index (χ1v) is 7.46. The molecule has 112 valence electrons. The number of imidazole rings is 1. The number of aromatic amines is 1. The molecular formula is C19H20N2O. The number of hydrogen-bond acceptors (Lipinski definition) is 2. The Labute approximate surface area is 131 Å². The van der Waals surface area contributed by atoms with Crippen molar-refractivity contribution in [2.75, 3.05) is 7.11 Å². The van der Waals surface area contributed by atoms with Gasteiger partial charge in [-0.15, -0.1) is 0 Å². The Kier molecular flexibility index (Phi) is 4.24. The van der Waals surface area contributed by atoms with Gasteiger partial charge < -0.3 is 9.72 Å². The first-order valence-electron chi connectivity index (χ1n) is 7.46. The van der Waals surface area contributed by atoms with Crippen LogP contribution in [-0.4, -0.2) is 17.1 Å².